The number of nitriles is 1. The van der Waals surface area contributed by atoms with Crippen LogP contribution in [0.5, 0.6) is 5.75 Å². The van der Waals surface area contributed by atoms with E-state index in [0.717, 1.165) is 16.0 Å². The number of nitrogens with two attached hydrogens (primary N) is 1. The number of primary amides is 1. The van der Waals surface area contributed by atoms with E-state index in [4.69, 9.17) is 10.5 Å². The largest absolute Gasteiger partial charge is 0.489 e. The molecular formula is C18H12N2O4S. The minimum Gasteiger partial charge on any atom is -0.489 e. The smallest absolute Gasteiger partial charge is 0.346 e. The predicted octanol–water partition coefficient (Wildman–Crippen LogP) is 3.15. The maximum absolute atomic E-state index is 11.5. The molecule has 124 valence electrons. The van der Waals surface area contributed by atoms with Crippen LogP contribution in [0.1, 0.15) is 31.2 Å². The Morgan fingerprint density at radius 3 is 2.52 bits per heavy atom. The van der Waals surface area contributed by atoms with E-state index in [1.54, 1.807) is 30.3 Å². The summed E-state index contributed by atoms with van der Waals surface area (Å²) in [7, 11) is 0. The summed E-state index contributed by atoms with van der Waals surface area (Å²) in [6, 6.07) is 13.5. The lowest BCUT2D eigenvalue weighted by molar-refractivity contribution is 0.0699. The van der Waals surface area contributed by atoms with Crippen LogP contribution in [0.2, 0.25) is 0 Å². The van der Waals surface area contributed by atoms with Gasteiger partial charge in [-0.25, -0.2) is 4.79 Å². The molecule has 0 aliphatic heterocycles. The number of aromatic carboxylic acids is 1. The molecule has 3 N–H and O–H groups in total. The first-order chi connectivity index (χ1) is 12.0. The number of nitrogens with zero attached hydrogens (tertiary/aromatic N) is 1. The summed E-state index contributed by atoms with van der Waals surface area (Å²) in [5.41, 5.74) is 6.41. The molecule has 1 heterocycles. The van der Waals surface area contributed by atoms with Gasteiger partial charge in [-0.1, -0.05) is 6.07 Å². The van der Waals surface area contributed by atoms with Gasteiger partial charge in [0.2, 0.25) is 5.91 Å². The minimum absolute atomic E-state index is 0.00373. The second-order valence-corrected chi connectivity index (χ2v) is 6.23. The van der Waals surface area contributed by atoms with Gasteiger partial charge in [0.25, 0.3) is 0 Å². The molecule has 1 amide bonds. The fourth-order valence-corrected chi connectivity index (χ4v) is 3.56. The molecule has 0 aliphatic carbocycles. The number of ether oxygens (including phenoxy) is 1. The summed E-state index contributed by atoms with van der Waals surface area (Å²) in [5, 5.41) is 19.3. The summed E-state index contributed by atoms with van der Waals surface area (Å²) in [6.45, 7) is -0.00373. The fourth-order valence-electron chi connectivity index (χ4n) is 2.49. The second-order valence-electron chi connectivity index (χ2n) is 5.18. The molecule has 2 aromatic carbocycles. The van der Waals surface area contributed by atoms with Crippen LogP contribution in [-0.2, 0) is 6.61 Å². The Bertz CT molecular complexity index is 1020. The molecule has 3 rings (SSSR count). The molecule has 1 aromatic heterocycles. The Hall–Kier alpha value is -3.37. The van der Waals surface area contributed by atoms with Crippen LogP contribution in [0.25, 0.3) is 10.1 Å². The Labute approximate surface area is 146 Å². The third kappa shape index (κ3) is 3.16. The lowest BCUT2D eigenvalue weighted by Crippen LogP contribution is -2.10. The summed E-state index contributed by atoms with van der Waals surface area (Å²) >= 11 is 1.11. The van der Waals surface area contributed by atoms with Crippen LogP contribution in [0.3, 0.4) is 0 Å². The fraction of sp³-hybridized carbons (Fsp3) is 0.0556. The average Bonchev–Trinajstić information content (AvgIpc) is 2.99. The van der Waals surface area contributed by atoms with Crippen LogP contribution < -0.4 is 10.5 Å². The maximum Gasteiger partial charge on any atom is 0.346 e. The number of carboxylic acid groups (broad SMARTS) is 1. The third-order valence-corrected chi connectivity index (χ3v) is 4.84. The van der Waals surface area contributed by atoms with Gasteiger partial charge in [-0.15, -0.1) is 11.3 Å². The van der Waals surface area contributed by atoms with Crippen LogP contribution in [-0.4, -0.2) is 17.0 Å². The minimum atomic E-state index is -1.06. The van der Waals surface area contributed by atoms with Crippen molar-refractivity contribution in [2.45, 2.75) is 6.61 Å². The third-order valence-electron chi connectivity index (χ3n) is 3.65. The van der Waals surface area contributed by atoms with Crippen molar-refractivity contribution in [3.8, 4) is 11.8 Å². The number of fused-ring (bicyclic) bond motifs is 1. The Morgan fingerprint density at radius 2 is 1.92 bits per heavy atom. The number of rotatable bonds is 5. The van der Waals surface area contributed by atoms with Crippen molar-refractivity contribution in [2.75, 3.05) is 0 Å². The van der Waals surface area contributed by atoms with E-state index in [1.165, 1.54) is 12.1 Å². The van der Waals surface area contributed by atoms with Gasteiger partial charge in [0.15, 0.2) is 0 Å². The van der Waals surface area contributed by atoms with Crippen LogP contribution in [0, 0.1) is 11.3 Å². The van der Waals surface area contributed by atoms with Crippen molar-refractivity contribution in [1.29, 1.82) is 5.26 Å². The summed E-state index contributed by atoms with van der Waals surface area (Å²) in [4.78, 5) is 22.8. The first-order valence-electron chi connectivity index (χ1n) is 7.21. The van der Waals surface area contributed by atoms with Gasteiger partial charge in [-0.3, -0.25) is 4.79 Å². The van der Waals surface area contributed by atoms with Gasteiger partial charge in [0, 0.05) is 21.2 Å². The molecule has 7 heteroatoms. The molecule has 0 fully saturated rings. The molecule has 0 atom stereocenters. The van der Waals surface area contributed by atoms with Crippen LogP contribution >= 0.6 is 11.3 Å². The van der Waals surface area contributed by atoms with Gasteiger partial charge in [-0.05, 0) is 36.4 Å². The highest BCUT2D eigenvalue weighted by Crippen LogP contribution is 2.34. The molecule has 0 saturated heterocycles. The standard InChI is InChI=1S/C18H12N2O4S/c19-8-11-2-1-3-14-15(11)13(16(25-14)18(22)23)9-24-12-6-4-10(5-7-12)17(20)21/h1-7H,9H2,(H2,20,21)(H,22,23). The summed E-state index contributed by atoms with van der Waals surface area (Å²) < 4.78 is 6.39. The summed E-state index contributed by atoms with van der Waals surface area (Å²) in [5.74, 6) is -1.13. The number of amides is 1. The molecule has 6 nitrogen and oxygen atoms in total. The molecule has 0 spiro atoms. The normalized spacial score (nSPS) is 10.4. The van der Waals surface area contributed by atoms with E-state index in [1.807, 2.05) is 0 Å². The molecular weight excluding hydrogens is 340 g/mol. The highest BCUT2D eigenvalue weighted by molar-refractivity contribution is 7.21. The number of hydrogen-bond acceptors (Lipinski definition) is 5. The Kier molecular flexibility index (Phi) is 4.37. The number of benzene rings is 2. The molecule has 0 aliphatic rings. The van der Waals surface area contributed by atoms with E-state index in [2.05, 4.69) is 6.07 Å². The zero-order chi connectivity index (χ0) is 18.0. The predicted molar refractivity (Wildman–Crippen MR) is 92.8 cm³/mol. The lowest BCUT2D eigenvalue weighted by atomic mass is 10.1. The van der Waals surface area contributed by atoms with Crippen molar-refractivity contribution in [1.82, 2.24) is 0 Å². The van der Waals surface area contributed by atoms with E-state index in [9.17, 15) is 20.0 Å². The van der Waals surface area contributed by atoms with E-state index in [0.29, 0.717) is 27.8 Å². The van der Waals surface area contributed by atoms with Crippen molar-refractivity contribution in [2.24, 2.45) is 5.73 Å². The summed E-state index contributed by atoms with van der Waals surface area (Å²) in [6.07, 6.45) is 0. The molecule has 0 bridgehead atoms. The quantitative estimate of drug-likeness (QED) is 0.732. The van der Waals surface area contributed by atoms with Crippen LogP contribution in [0.4, 0.5) is 0 Å². The van der Waals surface area contributed by atoms with Gasteiger partial charge in [0.05, 0.1) is 11.6 Å². The Morgan fingerprint density at radius 1 is 1.20 bits per heavy atom. The van der Waals surface area contributed by atoms with Crippen LogP contribution in [0.15, 0.2) is 42.5 Å². The maximum atomic E-state index is 11.5. The van der Waals surface area contributed by atoms with Gasteiger partial charge < -0.3 is 15.6 Å². The van der Waals surface area contributed by atoms with Crippen molar-refractivity contribution in [3.63, 3.8) is 0 Å². The zero-order valence-electron chi connectivity index (χ0n) is 12.9. The molecule has 0 unspecified atom stereocenters. The monoisotopic (exact) mass is 352 g/mol. The number of hydrogen-bond donors (Lipinski definition) is 2. The van der Waals surface area contributed by atoms with Gasteiger partial charge >= 0.3 is 5.97 Å². The molecule has 0 radical (unpaired) electrons. The highest BCUT2D eigenvalue weighted by Gasteiger charge is 2.20. The van der Waals surface area contributed by atoms with Gasteiger partial charge in [0.1, 0.15) is 17.2 Å². The SMILES string of the molecule is N#Cc1cccc2sc(C(=O)O)c(COc3ccc(C(N)=O)cc3)c12. The number of carboxylic acids is 1. The number of carbonyl (C=O) groups excluding carboxylic acids is 1. The lowest BCUT2D eigenvalue weighted by Gasteiger charge is -2.08. The molecule has 25 heavy (non-hydrogen) atoms. The van der Waals surface area contributed by atoms with E-state index in [-0.39, 0.29) is 11.5 Å². The highest BCUT2D eigenvalue weighted by atomic mass is 32.1. The number of carbonyl (C=O) groups is 2. The van der Waals surface area contributed by atoms with Gasteiger partial charge in [-0.2, -0.15) is 5.26 Å². The molecule has 0 saturated carbocycles. The first-order valence-corrected chi connectivity index (χ1v) is 8.03. The average molecular weight is 352 g/mol. The van der Waals surface area contributed by atoms with Crippen molar-refractivity contribution < 1.29 is 19.4 Å². The first kappa shape index (κ1) is 16.5. The Balaban J connectivity index is 1.97. The van der Waals surface area contributed by atoms with E-state index < -0.39 is 11.9 Å². The van der Waals surface area contributed by atoms with Crippen molar-refractivity contribution >= 4 is 33.3 Å². The van der Waals surface area contributed by atoms with E-state index >= 15 is 0 Å². The molecule has 3 aromatic rings. The topological polar surface area (TPSA) is 113 Å². The van der Waals surface area contributed by atoms with Crippen molar-refractivity contribution in [3.05, 3.63) is 64.0 Å². The second kappa shape index (κ2) is 6.63. The zero-order valence-corrected chi connectivity index (χ0v) is 13.7. The number of thiophene rings is 1.